The molecular weight excluding hydrogens is 318 g/mol. The van der Waals surface area contributed by atoms with Crippen LogP contribution in [0.3, 0.4) is 0 Å². The summed E-state index contributed by atoms with van der Waals surface area (Å²) < 4.78 is 0. The zero-order chi connectivity index (χ0) is 10.3. The fourth-order valence-corrected chi connectivity index (χ4v) is 0. The summed E-state index contributed by atoms with van der Waals surface area (Å²) in [6.07, 6.45) is 0. The fraction of sp³-hybridized carbons (Fsp3) is 0. The van der Waals surface area contributed by atoms with Gasteiger partial charge in [0.1, 0.15) is 0 Å². The van der Waals surface area contributed by atoms with Crippen molar-refractivity contribution in [2.75, 3.05) is 0 Å². The van der Waals surface area contributed by atoms with Crippen LogP contribution in [-0.4, -0.2) is 34.8 Å². The second-order valence-corrected chi connectivity index (χ2v) is 1.15. The van der Waals surface area contributed by atoms with Crippen molar-refractivity contribution in [3.05, 3.63) is 0 Å². The van der Waals surface area contributed by atoms with Crippen molar-refractivity contribution >= 4 is 23.9 Å². The first-order valence-corrected chi connectivity index (χ1v) is 2.13. The topological polar surface area (TPSA) is 224 Å². The largest absolute Gasteiger partial charge is 2.00 e. The first kappa shape index (κ1) is 43.3. The van der Waals surface area contributed by atoms with Crippen LogP contribution in [0.2, 0.25) is 0 Å². The number of carboxylic acid groups (broad SMARTS) is 4. The van der Waals surface area contributed by atoms with E-state index in [0.29, 0.717) is 0 Å². The van der Waals surface area contributed by atoms with Gasteiger partial charge in [0.05, 0.1) is 23.9 Å². The van der Waals surface area contributed by atoms with Gasteiger partial charge in [-0.25, -0.2) is 0 Å². The van der Waals surface area contributed by atoms with Crippen molar-refractivity contribution in [3.63, 3.8) is 0 Å². The predicted molar refractivity (Wildman–Crippen MR) is 27.3 cm³/mol. The molecule has 0 aliphatic rings. The van der Waals surface area contributed by atoms with Crippen molar-refractivity contribution in [3.8, 4) is 0 Å². The molecule has 0 saturated heterocycles. The average Bonchev–Trinajstić information content (AvgIpc) is 1.88. The summed E-state index contributed by atoms with van der Waals surface area (Å²) in [7, 11) is 0. The van der Waals surface area contributed by atoms with Crippen molar-refractivity contribution in [2.45, 2.75) is 0 Å². The summed E-state index contributed by atoms with van der Waals surface area (Å²) in [4.78, 5) is 35.7. The molecule has 0 bridgehead atoms. The summed E-state index contributed by atoms with van der Waals surface area (Å²) in [5.74, 6) is -8.74. The van der Waals surface area contributed by atoms with E-state index in [1.807, 2.05) is 0 Å². The first-order valence-electron chi connectivity index (χ1n) is 2.13. The van der Waals surface area contributed by atoms with E-state index in [4.69, 9.17) is 39.6 Å². The van der Waals surface area contributed by atoms with Crippen LogP contribution < -0.4 is 79.5 Å². The molecular formula is C4H4CuNa2O10. The van der Waals surface area contributed by atoms with Crippen LogP contribution in [0, 0.1) is 0 Å². The number of rotatable bonds is 0. The molecule has 0 aromatic rings. The molecule has 93 valence electrons. The van der Waals surface area contributed by atoms with Crippen LogP contribution in [0.15, 0.2) is 0 Å². The number of carbonyl (C=O) groups is 4. The molecule has 0 aromatic carbocycles. The fourth-order valence-electron chi connectivity index (χ4n) is 0. The van der Waals surface area contributed by atoms with Crippen LogP contribution in [0.5, 0.6) is 0 Å². The summed E-state index contributed by atoms with van der Waals surface area (Å²) >= 11 is 0. The monoisotopic (exact) mass is 321 g/mol. The zero-order valence-electron chi connectivity index (χ0n) is 8.57. The van der Waals surface area contributed by atoms with E-state index in [2.05, 4.69) is 0 Å². The minimum absolute atomic E-state index is 0. The van der Waals surface area contributed by atoms with Crippen molar-refractivity contribution in [2.24, 2.45) is 0 Å². The second kappa shape index (κ2) is 25.2. The van der Waals surface area contributed by atoms with E-state index in [0.717, 1.165) is 0 Å². The van der Waals surface area contributed by atoms with Gasteiger partial charge in [-0.15, -0.1) is 0 Å². The van der Waals surface area contributed by atoms with E-state index in [9.17, 15) is 0 Å². The molecule has 0 amide bonds. The van der Waals surface area contributed by atoms with Gasteiger partial charge in [-0.1, -0.05) is 0 Å². The number of hydrogen-bond donors (Lipinski definition) is 0. The molecule has 0 saturated carbocycles. The Bertz CT molecular complexity index is 182. The number of aliphatic carboxylic acids is 4. The van der Waals surface area contributed by atoms with E-state index >= 15 is 0 Å². The van der Waals surface area contributed by atoms with Gasteiger partial charge in [0.2, 0.25) is 0 Å². The SMILES string of the molecule is O.O.O=C([O-])C(=O)[O-].O=C([O-])C(=O)[O-].[Cu+2].[Na+].[Na+]. The van der Waals surface area contributed by atoms with Crippen molar-refractivity contribution in [1.82, 2.24) is 0 Å². The van der Waals surface area contributed by atoms with Crippen molar-refractivity contribution in [1.29, 1.82) is 0 Å². The van der Waals surface area contributed by atoms with Gasteiger partial charge in [0, 0.05) is 0 Å². The Balaban J connectivity index is -0.0000000182. The molecule has 0 heterocycles. The third kappa shape index (κ3) is 48.3. The quantitative estimate of drug-likeness (QED) is 0.306. The minimum Gasteiger partial charge on any atom is -0.543 e. The smallest absolute Gasteiger partial charge is 0.543 e. The molecule has 0 spiro atoms. The predicted octanol–water partition coefficient (Wildman–Crippen LogP) is -14.7. The van der Waals surface area contributed by atoms with Crippen molar-refractivity contribution < 1.29 is 127 Å². The molecule has 0 rings (SSSR count). The Kier molecular flexibility index (Phi) is 64.3. The maximum absolute atomic E-state index is 8.93. The third-order valence-corrected chi connectivity index (χ3v) is 0.333. The Labute approximate surface area is 149 Å². The Morgan fingerprint density at radius 1 is 0.529 bits per heavy atom. The summed E-state index contributed by atoms with van der Waals surface area (Å²) in [5.41, 5.74) is 0. The van der Waals surface area contributed by atoms with Crippen LogP contribution in [0.25, 0.3) is 0 Å². The molecule has 4 N–H and O–H groups in total. The summed E-state index contributed by atoms with van der Waals surface area (Å²) in [5, 5.41) is 35.7. The minimum atomic E-state index is -2.19. The van der Waals surface area contributed by atoms with Gasteiger partial charge in [-0.3, -0.25) is 0 Å². The third-order valence-electron chi connectivity index (χ3n) is 0.333. The number of carbonyl (C=O) groups excluding carboxylic acids is 4. The van der Waals surface area contributed by atoms with E-state index in [1.165, 1.54) is 0 Å². The number of hydrogen-bond acceptors (Lipinski definition) is 8. The van der Waals surface area contributed by atoms with E-state index < -0.39 is 23.9 Å². The molecule has 17 heavy (non-hydrogen) atoms. The summed E-state index contributed by atoms with van der Waals surface area (Å²) in [6, 6.07) is 0. The Morgan fingerprint density at radius 3 is 0.588 bits per heavy atom. The van der Waals surface area contributed by atoms with Crippen LogP contribution >= 0.6 is 0 Å². The van der Waals surface area contributed by atoms with Crippen LogP contribution in [-0.2, 0) is 36.2 Å². The van der Waals surface area contributed by atoms with Crippen LogP contribution in [0.4, 0.5) is 0 Å². The van der Waals surface area contributed by atoms with Gasteiger partial charge in [0.25, 0.3) is 0 Å². The van der Waals surface area contributed by atoms with Gasteiger partial charge < -0.3 is 50.6 Å². The van der Waals surface area contributed by atoms with E-state index in [-0.39, 0.29) is 87.1 Å². The molecule has 0 fully saturated rings. The Hall–Kier alpha value is 0.319. The standard InChI is InChI=1S/2C2H2O4.Cu.2Na.2H2O/c2*3-1(4)2(5)6;;;;;/h2*(H,3,4)(H,5,6);;;;2*1H2/q;;+2;2*+1;;/p-4. The van der Waals surface area contributed by atoms with Gasteiger partial charge in [-0.05, 0) is 0 Å². The summed E-state index contributed by atoms with van der Waals surface area (Å²) in [6.45, 7) is 0. The van der Waals surface area contributed by atoms with E-state index in [1.54, 1.807) is 0 Å². The normalized spacial score (nSPS) is 5.18. The van der Waals surface area contributed by atoms with Gasteiger partial charge in [0.15, 0.2) is 0 Å². The molecule has 0 unspecified atom stereocenters. The Morgan fingerprint density at radius 2 is 0.588 bits per heavy atom. The molecule has 13 heteroatoms. The zero-order valence-corrected chi connectivity index (χ0v) is 13.5. The molecule has 0 aromatic heterocycles. The molecule has 0 aliphatic heterocycles. The second-order valence-electron chi connectivity index (χ2n) is 1.15. The van der Waals surface area contributed by atoms with Gasteiger partial charge >= 0.3 is 76.2 Å². The molecule has 0 aliphatic carbocycles. The maximum Gasteiger partial charge on any atom is 2.00 e. The molecule has 1 radical (unpaired) electrons. The van der Waals surface area contributed by atoms with Gasteiger partial charge in [-0.2, -0.15) is 0 Å². The first-order chi connectivity index (χ1) is 5.29. The molecule has 0 atom stereocenters. The maximum atomic E-state index is 8.93. The number of carboxylic acids is 4. The average molecular weight is 322 g/mol. The van der Waals surface area contributed by atoms with Crippen LogP contribution in [0.1, 0.15) is 0 Å². The molecule has 10 nitrogen and oxygen atoms in total.